The van der Waals surface area contributed by atoms with E-state index >= 15 is 0 Å². The van der Waals surface area contributed by atoms with Gasteiger partial charge in [0.15, 0.2) is 17.3 Å². The molecule has 4 rings (SSSR count). The number of hydrogen-bond acceptors (Lipinski definition) is 4. The van der Waals surface area contributed by atoms with Crippen LogP contribution in [-0.4, -0.2) is 12.7 Å². The number of anilines is 1. The van der Waals surface area contributed by atoms with Gasteiger partial charge < -0.3 is 19.2 Å². The smallest absolute Gasteiger partial charge is 0.291 e. The molecule has 0 saturated heterocycles. The number of fused-ring (bicyclic) bond motifs is 1. The van der Waals surface area contributed by atoms with Gasteiger partial charge in [-0.2, -0.15) is 0 Å². The largest absolute Gasteiger partial charge is 0.454 e. The lowest BCUT2D eigenvalue weighted by Crippen LogP contribution is -2.11. The highest BCUT2D eigenvalue weighted by molar-refractivity contribution is 6.34. The molecule has 25 heavy (non-hydrogen) atoms. The van der Waals surface area contributed by atoms with Crippen LogP contribution in [0.1, 0.15) is 10.6 Å². The van der Waals surface area contributed by atoms with Crippen molar-refractivity contribution in [2.24, 2.45) is 0 Å². The quantitative estimate of drug-likeness (QED) is 0.735. The van der Waals surface area contributed by atoms with Gasteiger partial charge in [-0.25, -0.2) is 4.39 Å². The van der Waals surface area contributed by atoms with Crippen molar-refractivity contribution in [3.8, 4) is 22.8 Å². The van der Waals surface area contributed by atoms with Gasteiger partial charge in [-0.1, -0.05) is 23.7 Å². The van der Waals surface area contributed by atoms with Crippen LogP contribution < -0.4 is 14.8 Å². The summed E-state index contributed by atoms with van der Waals surface area (Å²) in [5.74, 6) is 0.368. The number of amides is 1. The maximum Gasteiger partial charge on any atom is 0.291 e. The first-order valence-corrected chi connectivity index (χ1v) is 7.75. The van der Waals surface area contributed by atoms with Crippen LogP contribution in [0.4, 0.5) is 10.1 Å². The van der Waals surface area contributed by atoms with Crippen LogP contribution in [0.2, 0.25) is 5.02 Å². The molecular formula is C18H11ClFNO4. The normalized spacial score (nSPS) is 12.2. The highest BCUT2D eigenvalue weighted by Gasteiger charge is 2.20. The van der Waals surface area contributed by atoms with Gasteiger partial charge in [0.1, 0.15) is 11.6 Å². The third-order valence-electron chi connectivity index (χ3n) is 3.68. The zero-order valence-corrected chi connectivity index (χ0v) is 13.5. The topological polar surface area (TPSA) is 60.7 Å². The number of benzene rings is 2. The number of carbonyl (C=O) groups excluding carboxylic acids is 1. The number of ether oxygens (including phenoxy) is 2. The summed E-state index contributed by atoms with van der Waals surface area (Å²) >= 11 is 6.13. The Bertz CT molecular complexity index is 969. The van der Waals surface area contributed by atoms with Gasteiger partial charge in [-0.15, -0.1) is 0 Å². The van der Waals surface area contributed by atoms with Crippen molar-refractivity contribution in [3.63, 3.8) is 0 Å². The first-order valence-electron chi connectivity index (χ1n) is 7.37. The molecule has 3 aromatic rings. The Balaban J connectivity index is 1.58. The zero-order valence-electron chi connectivity index (χ0n) is 12.7. The summed E-state index contributed by atoms with van der Waals surface area (Å²) in [7, 11) is 0. The van der Waals surface area contributed by atoms with E-state index in [0.717, 1.165) is 0 Å². The highest BCUT2D eigenvalue weighted by atomic mass is 35.5. The van der Waals surface area contributed by atoms with E-state index < -0.39 is 11.7 Å². The van der Waals surface area contributed by atoms with Crippen LogP contribution in [0.3, 0.4) is 0 Å². The molecule has 0 atom stereocenters. The Morgan fingerprint density at radius 1 is 1.08 bits per heavy atom. The second-order valence-corrected chi connectivity index (χ2v) is 5.69. The van der Waals surface area contributed by atoms with E-state index in [1.54, 1.807) is 30.3 Å². The molecule has 0 bridgehead atoms. The van der Waals surface area contributed by atoms with Crippen molar-refractivity contribution >= 4 is 23.2 Å². The molecule has 2 heterocycles. The number of furan rings is 1. The minimum atomic E-state index is -0.511. The lowest BCUT2D eigenvalue weighted by molar-refractivity contribution is 0.0997. The molecule has 0 saturated carbocycles. The van der Waals surface area contributed by atoms with E-state index in [2.05, 4.69) is 5.32 Å². The molecule has 1 aliphatic rings. The third-order valence-corrected chi connectivity index (χ3v) is 3.99. The van der Waals surface area contributed by atoms with Crippen molar-refractivity contribution in [1.29, 1.82) is 0 Å². The van der Waals surface area contributed by atoms with Crippen molar-refractivity contribution in [3.05, 3.63) is 65.1 Å². The second kappa shape index (κ2) is 6.14. The summed E-state index contributed by atoms with van der Waals surface area (Å²) in [6, 6.07) is 12.3. The summed E-state index contributed by atoms with van der Waals surface area (Å²) in [5.41, 5.74) is 0.641. The zero-order chi connectivity index (χ0) is 17.4. The van der Waals surface area contributed by atoms with Gasteiger partial charge in [-0.3, -0.25) is 4.79 Å². The Hall–Kier alpha value is -2.99. The van der Waals surface area contributed by atoms with Crippen LogP contribution in [0, 0.1) is 5.82 Å². The molecule has 0 fully saturated rings. The minimum Gasteiger partial charge on any atom is -0.454 e. The number of carbonyl (C=O) groups is 1. The molecule has 1 aliphatic heterocycles. The molecule has 126 valence electrons. The van der Waals surface area contributed by atoms with Crippen molar-refractivity contribution in [2.45, 2.75) is 0 Å². The number of rotatable bonds is 3. The summed E-state index contributed by atoms with van der Waals surface area (Å²) in [6.07, 6.45) is 0. The van der Waals surface area contributed by atoms with Crippen LogP contribution in [0.5, 0.6) is 11.5 Å². The van der Waals surface area contributed by atoms with E-state index in [4.69, 9.17) is 25.5 Å². The van der Waals surface area contributed by atoms with Gasteiger partial charge in [0.2, 0.25) is 6.79 Å². The molecule has 1 aromatic heterocycles. The summed E-state index contributed by atoms with van der Waals surface area (Å²) in [6.45, 7) is 0.104. The van der Waals surface area contributed by atoms with E-state index in [-0.39, 0.29) is 23.9 Å². The molecule has 0 aliphatic carbocycles. The summed E-state index contributed by atoms with van der Waals surface area (Å²) < 4.78 is 29.7. The monoisotopic (exact) mass is 359 g/mol. The molecule has 0 radical (unpaired) electrons. The Morgan fingerprint density at radius 2 is 1.84 bits per heavy atom. The van der Waals surface area contributed by atoms with Crippen LogP contribution in [0.15, 0.2) is 52.9 Å². The van der Waals surface area contributed by atoms with Crippen LogP contribution in [0.25, 0.3) is 11.3 Å². The summed E-state index contributed by atoms with van der Waals surface area (Å²) in [4.78, 5) is 12.4. The minimum absolute atomic E-state index is 0.0342. The fourth-order valence-corrected chi connectivity index (χ4v) is 2.66. The van der Waals surface area contributed by atoms with Crippen molar-refractivity contribution < 1.29 is 23.1 Å². The van der Waals surface area contributed by atoms with E-state index in [1.807, 2.05) is 0 Å². The fraction of sp³-hybridized carbons (Fsp3) is 0.0556. The maximum absolute atomic E-state index is 13.8. The van der Waals surface area contributed by atoms with E-state index in [1.165, 1.54) is 18.2 Å². The standard InChI is InChI=1S/C18H11ClFNO4/c19-11-7-16-17(24-9-23-16)8-13(11)21-18(22)15-6-5-14(25-15)10-3-1-2-4-12(10)20/h1-8H,9H2,(H,21,22). The SMILES string of the molecule is O=C(Nc1cc2c(cc1Cl)OCO2)c1ccc(-c2ccccc2F)o1. The first-order chi connectivity index (χ1) is 12.1. The molecular weight excluding hydrogens is 349 g/mol. The van der Waals surface area contributed by atoms with Crippen LogP contribution in [-0.2, 0) is 0 Å². The van der Waals surface area contributed by atoms with E-state index in [0.29, 0.717) is 22.2 Å². The highest BCUT2D eigenvalue weighted by Crippen LogP contribution is 2.39. The third kappa shape index (κ3) is 2.92. The van der Waals surface area contributed by atoms with Gasteiger partial charge in [0.05, 0.1) is 16.3 Å². The van der Waals surface area contributed by atoms with E-state index in [9.17, 15) is 9.18 Å². The lowest BCUT2D eigenvalue weighted by Gasteiger charge is -2.07. The number of halogens is 2. The van der Waals surface area contributed by atoms with Gasteiger partial charge >= 0.3 is 0 Å². The predicted molar refractivity (Wildman–Crippen MR) is 89.6 cm³/mol. The lowest BCUT2D eigenvalue weighted by atomic mass is 10.1. The Morgan fingerprint density at radius 3 is 2.64 bits per heavy atom. The maximum atomic E-state index is 13.8. The average Bonchev–Trinajstić information content (AvgIpc) is 3.24. The van der Waals surface area contributed by atoms with Gasteiger partial charge in [0.25, 0.3) is 5.91 Å². The molecule has 0 unspecified atom stereocenters. The summed E-state index contributed by atoms with van der Waals surface area (Å²) in [5, 5.41) is 2.95. The predicted octanol–water partition coefficient (Wildman–Crippen LogP) is 4.72. The first kappa shape index (κ1) is 15.5. The molecule has 1 amide bonds. The Labute approximate surface area is 146 Å². The average molecular weight is 360 g/mol. The Kier molecular flexibility index (Phi) is 3.82. The molecule has 0 spiro atoms. The van der Waals surface area contributed by atoms with Crippen molar-refractivity contribution in [2.75, 3.05) is 12.1 Å². The van der Waals surface area contributed by atoms with Crippen molar-refractivity contribution in [1.82, 2.24) is 0 Å². The van der Waals surface area contributed by atoms with Gasteiger partial charge in [-0.05, 0) is 24.3 Å². The molecule has 2 aromatic carbocycles. The number of hydrogen-bond donors (Lipinski definition) is 1. The van der Waals surface area contributed by atoms with Crippen LogP contribution >= 0.6 is 11.6 Å². The van der Waals surface area contributed by atoms with Gasteiger partial charge in [0, 0.05) is 12.1 Å². The molecule has 7 heteroatoms. The molecule has 1 N–H and O–H groups in total. The fourth-order valence-electron chi connectivity index (χ4n) is 2.46. The number of nitrogens with one attached hydrogen (secondary N) is 1. The molecule has 5 nitrogen and oxygen atoms in total. The second-order valence-electron chi connectivity index (χ2n) is 5.28.